The maximum atomic E-state index is 11.2. The van der Waals surface area contributed by atoms with Crippen LogP contribution in [0, 0.1) is 0 Å². The Morgan fingerprint density at radius 1 is 1.38 bits per heavy atom. The van der Waals surface area contributed by atoms with Gasteiger partial charge in [0.1, 0.15) is 5.78 Å². The SMILES string of the molecule is CC(=O)CCN1C(=O)CSCC1=O. The van der Waals surface area contributed by atoms with Crippen molar-refractivity contribution >= 4 is 29.4 Å². The minimum atomic E-state index is -0.178. The molecule has 1 rings (SSSR count). The van der Waals surface area contributed by atoms with Crippen molar-refractivity contribution in [2.24, 2.45) is 0 Å². The number of nitrogens with zero attached hydrogens (tertiary/aromatic N) is 1. The fraction of sp³-hybridized carbons (Fsp3) is 0.625. The monoisotopic (exact) mass is 201 g/mol. The third-order valence-corrected chi connectivity index (χ3v) is 2.64. The summed E-state index contributed by atoms with van der Waals surface area (Å²) in [5, 5.41) is 0. The van der Waals surface area contributed by atoms with Crippen LogP contribution in [0.2, 0.25) is 0 Å². The molecule has 1 heterocycles. The molecule has 0 aromatic carbocycles. The molecule has 0 bridgehead atoms. The normalized spacial score (nSPS) is 17.8. The Labute approximate surface area is 80.7 Å². The molecule has 13 heavy (non-hydrogen) atoms. The topological polar surface area (TPSA) is 54.5 Å². The standard InChI is InChI=1S/C8H11NO3S/c1-6(10)2-3-9-7(11)4-13-5-8(9)12/h2-5H2,1H3. The second kappa shape index (κ2) is 4.41. The summed E-state index contributed by atoms with van der Waals surface area (Å²) < 4.78 is 0. The van der Waals surface area contributed by atoms with Crippen LogP contribution in [0.1, 0.15) is 13.3 Å². The Morgan fingerprint density at radius 2 is 1.92 bits per heavy atom. The first-order chi connectivity index (χ1) is 6.11. The molecule has 5 heteroatoms. The third-order valence-electron chi connectivity index (χ3n) is 1.74. The van der Waals surface area contributed by atoms with E-state index in [2.05, 4.69) is 0 Å². The maximum Gasteiger partial charge on any atom is 0.239 e. The number of rotatable bonds is 3. The van der Waals surface area contributed by atoms with E-state index in [4.69, 9.17) is 0 Å². The van der Waals surface area contributed by atoms with E-state index in [1.54, 1.807) is 0 Å². The number of hydrogen-bond donors (Lipinski definition) is 0. The van der Waals surface area contributed by atoms with Gasteiger partial charge >= 0.3 is 0 Å². The van der Waals surface area contributed by atoms with Crippen LogP contribution < -0.4 is 0 Å². The number of thioether (sulfide) groups is 1. The second-order valence-corrected chi connectivity index (χ2v) is 3.87. The molecule has 0 N–H and O–H groups in total. The summed E-state index contributed by atoms with van der Waals surface area (Å²) in [5.74, 6) is 0.344. The molecule has 2 amide bonds. The molecule has 1 fully saturated rings. The van der Waals surface area contributed by atoms with Gasteiger partial charge in [-0.1, -0.05) is 0 Å². The fourth-order valence-electron chi connectivity index (χ4n) is 1.04. The van der Waals surface area contributed by atoms with Gasteiger partial charge in [0.2, 0.25) is 11.8 Å². The molecule has 1 saturated heterocycles. The average molecular weight is 201 g/mol. The lowest BCUT2D eigenvalue weighted by atomic mass is 10.3. The number of hydrogen-bond acceptors (Lipinski definition) is 4. The van der Waals surface area contributed by atoms with Crippen molar-refractivity contribution < 1.29 is 14.4 Å². The fourth-order valence-corrected chi connectivity index (χ4v) is 1.80. The van der Waals surface area contributed by atoms with Crippen LogP contribution in [0.5, 0.6) is 0 Å². The summed E-state index contributed by atoms with van der Waals surface area (Å²) in [7, 11) is 0. The van der Waals surface area contributed by atoms with Gasteiger partial charge in [-0.05, 0) is 6.92 Å². The number of ketones is 1. The number of carbonyl (C=O) groups excluding carboxylic acids is 3. The van der Waals surface area contributed by atoms with Crippen molar-refractivity contribution in [2.75, 3.05) is 18.1 Å². The van der Waals surface area contributed by atoms with Crippen LogP contribution in [0.25, 0.3) is 0 Å². The molecule has 0 radical (unpaired) electrons. The lowest BCUT2D eigenvalue weighted by molar-refractivity contribution is -0.142. The second-order valence-electron chi connectivity index (χ2n) is 2.88. The van der Waals surface area contributed by atoms with Gasteiger partial charge in [0.05, 0.1) is 11.5 Å². The summed E-state index contributed by atoms with van der Waals surface area (Å²) in [6.45, 7) is 1.70. The van der Waals surface area contributed by atoms with Crippen molar-refractivity contribution in [1.29, 1.82) is 0 Å². The minimum absolute atomic E-state index is 0.00109. The summed E-state index contributed by atoms with van der Waals surface area (Å²) in [5.41, 5.74) is 0. The van der Waals surface area contributed by atoms with Gasteiger partial charge in [0.15, 0.2) is 0 Å². The van der Waals surface area contributed by atoms with Gasteiger partial charge in [0.25, 0.3) is 0 Å². The van der Waals surface area contributed by atoms with E-state index in [1.807, 2.05) is 0 Å². The lowest BCUT2D eigenvalue weighted by Crippen LogP contribution is -2.43. The van der Waals surface area contributed by atoms with Crippen molar-refractivity contribution in [3.05, 3.63) is 0 Å². The van der Waals surface area contributed by atoms with Gasteiger partial charge in [-0.2, -0.15) is 0 Å². The van der Waals surface area contributed by atoms with Gasteiger partial charge < -0.3 is 0 Å². The summed E-state index contributed by atoms with van der Waals surface area (Å²) in [6, 6.07) is 0. The average Bonchev–Trinajstić information content (AvgIpc) is 2.03. The van der Waals surface area contributed by atoms with Crippen molar-refractivity contribution in [3.63, 3.8) is 0 Å². The molecule has 0 aliphatic carbocycles. The van der Waals surface area contributed by atoms with E-state index in [-0.39, 0.29) is 30.6 Å². The first-order valence-electron chi connectivity index (χ1n) is 4.01. The predicted octanol–water partition coefficient (Wildman–Crippen LogP) is 0.0675. The van der Waals surface area contributed by atoms with Crippen LogP contribution in [0.3, 0.4) is 0 Å². The molecule has 0 spiro atoms. The van der Waals surface area contributed by atoms with Crippen LogP contribution in [-0.2, 0) is 14.4 Å². The zero-order chi connectivity index (χ0) is 9.84. The van der Waals surface area contributed by atoms with Crippen molar-refractivity contribution in [3.8, 4) is 0 Å². The quantitative estimate of drug-likeness (QED) is 0.606. The van der Waals surface area contributed by atoms with E-state index < -0.39 is 0 Å². The summed E-state index contributed by atoms with van der Waals surface area (Å²) in [6.07, 6.45) is 0.266. The molecule has 0 atom stereocenters. The highest BCUT2D eigenvalue weighted by atomic mass is 32.2. The molecule has 0 aromatic heterocycles. The number of imide groups is 1. The van der Waals surface area contributed by atoms with Gasteiger partial charge in [0, 0.05) is 13.0 Å². The van der Waals surface area contributed by atoms with E-state index in [1.165, 1.54) is 23.6 Å². The summed E-state index contributed by atoms with van der Waals surface area (Å²) >= 11 is 1.32. The minimum Gasteiger partial charge on any atom is -0.300 e. The highest BCUT2D eigenvalue weighted by molar-refractivity contribution is 8.00. The third kappa shape index (κ3) is 2.84. The molecular weight excluding hydrogens is 190 g/mol. The smallest absolute Gasteiger partial charge is 0.239 e. The van der Waals surface area contributed by atoms with Gasteiger partial charge in [-0.3, -0.25) is 19.3 Å². The number of Topliss-reactive ketones (excluding diaryl/α,β-unsaturated/α-hetero) is 1. The van der Waals surface area contributed by atoms with E-state index in [0.29, 0.717) is 11.5 Å². The Kier molecular flexibility index (Phi) is 3.48. The Bertz CT molecular complexity index is 236. The first-order valence-corrected chi connectivity index (χ1v) is 5.17. The lowest BCUT2D eigenvalue weighted by Gasteiger charge is -2.23. The molecule has 0 unspecified atom stereocenters. The van der Waals surface area contributed by atoms with Crippen LogP contribution in [0.4, 0.5) is 0 Å². The van der Waals surface area contributed by atoms with Crippen molar-refractivity contribution in [2.45, 2.75) is 13.3 Å². The first kappa shape index (κ1) is 10.2. The molecular formula is C8H11NO3S. The molecule has 1 aliphatic rings. The summed E-state index contributed by atoms with van der Waals surface area (Å²) in [4.78, 5) is 34.2. The van der Waals surface area contributed by atoms with E-state index in [0.717, 1.165) is 0 Å². The Hall–Kier alpha value is -0.840. The molecule has 72 valence electrons. The zero-order valence-electron chi connectivity index (χ0n) is 7.41. The molecule has 0 saturated carbocycles. The highest BCUT2D eigenvalue weighted by Crippen LogP contribution is 2.12. The predicted molar refractivity (Wildman–Crippen MR) is 49.3 cm³/mol. The molecule has 0 aromatic rings. The van der Waals surface area contributed by atoms with Crippen molar-refractivity contribution in [1.82, 2.24) is 4.90 Å². The molecule has 1 aliphatic heterocycles. The highest BCUT2D eigenvalue weighted by Gasteiger charge is 2.25. The zero-order valence-corrected chi connectivity index (χ0v) is 8.23. The molecule has 4 nitrogen and oxygen atoms in total. The maximum absolute atomic E-state index is 11.2. The number of carbonyl (C=O) groups is 3. The van der Waals surface area contributed by atoms with Crippen LogP contribution in [0.15, 0.2) is 0 Å². The van der Waals surface area contributed by atoms with Crippen LogP contribution >= 0.6 is 11.8 Å². The Balaban J connectivity index is 2.49. The van der Waals surface area contributed by atoms with Gasteiger partial charge in [-0.15, -0.1) is 11.8 Å². The van der Waals surface area contributed by atoms with Gasteiger partial charge in [-0.25, -0.2) is 0 Å². The van der Waals surface area contributed by atoms with E-state index >= 15 is 0 Å². The largest absolute Gasteiger partial charge is 0.300 e. The van der Waals surface area contributed by atoms with E-state index in [9.17, 15) is 14.4 Å². The number of amides is 2. The van der Waals surface area contributed by atoms with Crippen LogP contribution in [-0.4, -0.2) is 40.5 Å². The Morgan fingerprint density at radius 3 is 2.38 bits per heavy atom.